The highest BCUT2D eigenvalue weighted by Crippen LogP contribution is 2.45. The summed E-state index contributed by atoms with van der Waals surface area (Å²) < 4.78 is 16.4. The molecule has 0 radical (unpaired) electrons. The maximum Gasteiger partial charge on any atom is 0.300 e. The Bertz CT molecular complexity index is 1410. The van der Waals surface area contributed by atoms with Crippen LogP contribution in [0.4, 0.5) is 5.69 Å². The summed E-state index contributed by atoms with van der Waals surface area (Å²) in [4.78, 5) is 28.5. The summed E-state index contributed by atoms with van der Waals surface area (Å²) >= 11 is 6.30. The molecule has 0 spiro atoms. The van der Waals surface area contributed by atoms with E-state index in [4.69, 9.17) is 25.8 Å². The van der Waals surface area contributed by atoms with Gasteiger partial charge in [-0.25, -0.2) is 0 Å². The van der Waals surface area contributed by atoms with Gasteiger partial charge < -0.3 is 19.3 Å². The molecular formula is C29H28ClNO6. The number of amides is 1. The van der Waals surface area contributed by atoms with Gasteiger partial charge in [-0.15, -0.1) is 0 Å². The van der Waals surface area contributed by atoms with Crippen molar-refractivity contribution in [2.75, 3.05) is 25.7 Å². The van der Waals surface area contributed by atoms with Crippen LogP contribution in [0, 0.1) is 13.8 Å². The molecule has 4 rings (SSSR count). The number of aliphatic hydroxyl groups excluding tert-OH is 1. The predicted molar refractivity (Wildman–Crippen MR) is 143 cm³/mol. The van der Waals surface area contributed by atoms with Gasteiger partial charge in [-0.05, 0) is 73.9 Å². The van der Waals surface area contributed by atoms with E-state index < -0.39 is 17.7 Å². The van der Waals surface area contributed by atoms with Crippen molar-refractivity contribution in [3.8, 4) is 17.2 Å². The number of methoxy groups -OCH3 is 2. The van der Waals surface area contributed by atoms with Gasteiger partial charge in [0.05, 0.1) is 37.5 Å². The quantitative estimate of drug-likeness (QED) is 0.233. The van der Waals surface area contributed by atoms with Crippen LogP contribution < -0.4 is 19.1 Å². The molecule has 0 aromatic heterocycles. The topological polar surface area (TPSA) is 85.3 Å². The molecule has 1 saturated heterocycles. The maximum absolute atomic E-state index is 13.5. The molecule has 1 fully saturated rings. The minimum atomic E-state index is -0.925. The average Bonchev–Trinajstić information content (AvgIpc) is 3.15. The highest BCUT2D eigenvalue weighted by molar-refractivity contribution is 6.51. The van der Waals surface area contributed by atoms with E-state index >= 15 is 0 Å². The fourth-order valence-corrected chi connectivity index (χ4v) is 4.75. The number of hydrogen-bond donors (Lipinski definition) is 1. The summed E-state index contributed by atoms with van der Waals surface area (Å²) in [7, 11) is 3.02. The summed E-state index contributed by atoms with van der Waals surface area (Å²) in [6.07, 6.45) is 0. The lowest BCUT2D eigenvalue weighted by Gasteiger charge is -2.28. The number of aryl methyl sites for hydroxylation is 1. The molecule has 1 N–H and O–H groups in total. The number of anilines is 1. The van der Waals surface area contributed by atoms with Crippen molar-refractivity contribution < 1.29 is 28.9 Å². The zero-order valence-electron chi connectivity index (χ0n) is 21.3. The Hall–Kier alpha value is -3.97. The second-order valence-electron chi connectivity index (χ2n) is 8.58. The Morgan fingerprint density at radius 2 is 1.68 bits per heavy atom. The van der Waals surface area contributed by atoms with Crippen LogP contribution >= 0.6 is 11.6 Å². The molecule has 192 valence electrons. The van der Waals surface area contributed by atoms with Gasteiger partial charge in [0.2, 0.25) is 0 Å². The molecular weight excluding hydrogens is 494 g/mol. The molecule has 3 aromatic carbocycles. The van der Waals surface area contributed by atoms with E-state index in [1.165, 1.54) is 25.2 Å². The molecule has 3 aromatic rings. The molecule has 7 nitrogen and oxygen atoms in total. The van der Waals surface area contributed by atoms with Gasteiger partial charge in [0.1, 0.15) is 11.5 Å². The minimum Gasteiger partial charge on any atom is -0.507 e. The molecule has 0 bridgehead atoms. The number of benzene rings is 3. The third-order valence-corrected chi connectivity index (χ3v) is 6.80. The first-order valence-corrected chi connectivity index (χ1v) is 12.1. The SMILES string of the molecule is CCOc1cc(C2/C(=C(\O)c3ccc(OC)c(Cl)c3)C(=O)C(=O)N2c2cccc(C)c2C)ccc1OC. The molecule has 1 heterocycles. The van der Waals surface area contributed by atoms with Crippen molar-refractivity contribution >= 4 is 34.7 Å². The molecule has 0 saturated carbocycles. The molecule has 0 aliphatic carbocycles. The summed E-state index contributed by atoms with van der Waals surface area (Å²) in [5.41, 5.74) is 3.19. The van der Waals surface area contributed by atoms with E-state index in [9.17, 15) is 14.7 Å². The van der Waals surface area contributed by atoms with Gasteiger partial charge in [-0.2, -0.15) is 0 Å². The lowest BCUT2D eigenvalue weighted by molar-refractivity contribution is -0.132. The van der Waals surface area contributed by atoms with Gasteiger partial charge >= 0.3 is 0 Å². The number of ketones is 1. The smallest absolute Gasteiger partial charge is 0.300 e. The molecule has 1 aliphatic heterocycles. The van der Waals surface area contributed by atoms with Crippen LogP contribution in [0.15, 0.2) is 60.2 Å². The number of Topliss-reactive ketones (excluding diaryl/α,β-unsaturated/α-hetero) is 1. The fourth-order valence-electron chi connectivity index (χ4n) is 4.49. The second-order valence-corrected chi connectivity index (χ2v) is 8.99. The van der Waals surface area contributed by atoms with Crippen molar-refractivity contribution in [1.29, 1.82) is 0 Å². The first kappa shape index (κ1) is 26.1. The number of nitrogens with zero attached hydrogens (tertiary/aromatic N) is 1. The first-order valence-electron chi connectivity index (χ1n) is 11.7. The Morgan fingerprint density at radius 1 is 0.973 bits per heavy atom. The van der Waals surface area contributed by atoms with Crippen LogP contribution in [-0.2, 0) is 9.59 Å². The van der Waals surface area contributed by atoms with E-state index in [0.29, 0.717) is 35.1 Å². The van der Waals surface area contributed by atoms with Crippen molar-refractivity contribution in [3.63, 3.8) is 0 Å². The number of rotatable bonds is 7. The minimum absolute atomic E-state index is 0.0558. The van der Waals surface area contributed by atoms with E-state index in [1.54, 1.807) is 36.4 Å². The number of hydrogen-bond acceptors (Lipinski definition) is 6. The van der Waals surface area contributed by atoms with Crippen LogP contribution in [-0.4, -0.2) is 37.6 Å². The lowest BCUT2D eigenvalue weighted by atomic mass is 9.94. The average molecular weight is 522 g/mol. The molecule has 1 aliphatic rings. The molecule has 37 heavy (non-hydrogen) atoms. The van der Waals surface area contributed by atoms with Gasteiger partial charge in [-0.1, -0.05) is 29.8 Å². The normalized spacial score (nSPS) is 16.7. The predicted octanol–water partition coefficient (Wildman–Crippen LogP) is 6.00. The molecule has 1 unspecified atom stereocenters. The van der Waals surface area contributed by atoms with Crippen LogP contribution in [0.2, 0.25) is 5.02 Å². The lowest BCUT2D eigenvalue weighted by Crippen LogP contribution is -2.30. The van der Waals surface area contributed by atoms with Gasteiger partial charge in [-0.3, -0.25) is 14.5 Å². The number of carbonyl (C=O) groups excluding carboxylic acids is 2. The first-order chi connectivity index (χ1) is 17.7. The van der Waals surface area contributed by atoms with Gasteiger partial charge in [0.25, 0.3) is 11.7 Å². The number of halogens is 1. The largest absolute Gasteiger partial charge is 0.507 e. The van der Waals surface area contributed by atoms with E-state index in [0.717, 1.165) is 11.1 Å². The number of ether oxygens (including phenoxy) is 3. The zero-order chi connectivity index (χ0) is 26.9. The maximum atomic E-state index is 13.5. The monoisotopic (exact) mass is 521 g/mol. The van der Waals surface area contributed by atoms with E-state index in [-0.39, 0.29) is 21.9 Å². The summed E-state index contributed by atoms with van der Waals surface area (Å²) in [6.45, 7) is 6.07. The Kier molecular flexibility index (Phi) is 7.45. The Balaban J connectivity index is 2.00. The van der Waals surface area contributed by atoms with Crippen molar-refractivity contribution in [2.45, 2.75) is 26.8 Å². The van der Waals surface area contributed by atoms with Gasteiger partial charge in [0.15, 0.2) is 11.5 Å². The molecule has 1 atom stereocenters. The fraction of sp³-hybridized carbons (Fsp3) is 0.241. The van der Waals surface area contributed by atoms with Gasteiger partial charge in [0, 0.05) is 11.3 Å². The second kappa shape index (κ2) is 10.6. The van der Waals surface area contributed by atoms with Crippen molar-refractivity contribution in [1.82, 2.24) is 0 Å². The standard InChI is InChI=1S/C29H28ClNO6/c1-6-37-24-15-18(10-13-23(24)36-5)26-25(27(32)19-11-12-22(35-4)20(30)14-19)28(33)29(34)31(26)21-9-7-8-16(2)17(21)3/h7-15,26,32H,6H2,1-5H3/b27-25+. The Morgan fingerprint density at radius 3 is 2.32 bits per heavy atom. The molecule has 8 heteroatoms. The summed E-state index contributed by atoms with van der Waals surface area (Å²) in [5, 5.41) is 11.7. The van der Waals surface area contributed by atoms with Crippen LogP contribution in [0.5, 0.6) is 17.2 Å². The highest BCUT2D eigenvalue weighted by Gasteiger charge is 2.47. The summed E-state index contributed by atoms with van der Waals surface area (Å²) in [6, 6.07) is 14.5. The van der Waals surface area contributed by atoms with Crippen LogP contribution in [0.1, 0.15) is 35.2 Å². The number of aliphatic hydroxyl groups is 1. The summed E-state index contributed by atoms with van der Waals surface area (Å²) in [5.74, 6) is -0.493. The van der Waals surface area contributed by atoms with Crippen molar-refractivity contribution in [2.24, 2.45) is 0 Å². The van der Waals surface area contributed by atoms with Crippen molar-refractivity contribution in [3.05, 3.63) is 87.4 Å². The third kappa shape index (κ3) is 4.62. The third-order valence-electron chi connectivity index (χ3n) is 6.51. The zero-order valence-corrected chi connectivity index (χ0v) is 22.1. The molecule has 1 amide bonds. The van der Waals surface area contributed by atoms with E-state index in [2.05, 4.69) is 0 Å². The Labute approximate surface area is 220 Å². The highest BCUT2D eigenvalue weighted by atomic mass is 35.5. The van der Waals surface area contributed by atoms with E-state index in [1.807, 2.05) is 32.9 Å². The number of carbonyl (C=O) groups is 2. The van der Waals surface area contributed by atoms with Crippen LogP contribution in [0.3, 0.4) is 0 Å². The van der Waals surface area contributed by atoms with Crippen LogP contribution in [0.25, 0.3) is 5.76 Å².